The Hall–Kier alpha value is -4.34. The Kier molecular flexibility index (Phi) is 13.1. The molecule has 0 radical (unpaired) electrons. The lowest BCUT2D eigenvalue weighted by Crippen LogP contribution is -2.59. The number of morpholine rings is 1. The highest BCUT2D eigenvalue weighted by Crippen LogP contribution is 2.45. The Morgan fingerprint density at radius 3 is 2.51 bits per heavy atom. The van der Waals surface area contributed by atoms with E-state index in [0.29, 0.717) is 61.3 Å². The number of carboxylic acid groups (broad SMARTS) is 1. The molecule has 3 N–H and O–H groups in total. The van der Waals surface area contributed by atoms with Crippen molar-refractivity contribution in [2.24, 2.45) is 17.3 Å². The molecule has 2 saturated carbocycles. The number of aliphatic carboxylic acids is 1. The van der Waals surface area contributed by atoms with Crippen molar-refractivity contribution in [2.45, 2.75) is 96.6 Å². The molecule has 15 nitrogen and oxygen atoms in total. The fourth-order valence-corrected chi connectivity index (χ4v) is 8.24. The zero-order valence-electron chi connectivity index (χ0n) is 33.5. The van der Waals surface area contributed by atoms with Gasteiger partial charge in [-0.15, -0.1) is 6.58 Å². The van der Waals surface area contributed by atoms with Gasteiger partial charge < -0.3 is 44.3 Å². The summed E-state index contributed by atoms with van der Waals surface area (Å²) in [6, 6.07) is 2.97. The van der Waals surface area contributed by atoms with Crippen LogP contribution in [0.4, 0.5) is 4.79 Å². The molecular weight excluding hydrogens is 758 g/mol. The number of likely N-dealkylation sites (tertiary alicyclic amines) is 1. The van der Waals surface area contributed by atoms with E-state index in [1.807, 2.05) is 27.7 Å². The largest absolute Gasteiger partial charge is 0.491 e. The van der Waals surface area contributed by atoms with E-state index >= 15 is 0 Å². The summed E-state index contributed by atoms with van der Waals surface area (Å²) >= 11 is 6.91. The molecule has 2 aliphatic carbocycles. The summed E-state index contributed by atoms with van der Waals surface area (Å²) in [5.41, 5.74) is -1.93. The predicted molar refractivity (Wildman–Crippen MR) is 212 cm³/mol. The van der Waals surface area contributed by atoms with Gasteiger partial charge in [-0.3, -0.25) is 14.5 Å². The molecule has 0 spiro atoms. The van der Waals surface area contributed by atoms with Crippen molar-refractivity contribution in [3.8, 4) is 17.4 Å². The Morgan fingerprint density at radius 1 is 1.12 bits per heavy atom. The summed E-state index contributed by atoms with van der Waals surface area (Å²) < 4.78 is 29.7. The van der Waals surface area contributed by atoms with Gasteiger partial charge in [0, 0.05) is 43.4 Å². The van der Waals surface area contributed by atoms with Crippen LogP contribution in [0.15, 0.2) is 30.9 Å². The van der Waals surface area contributed by atoms with Crippen LogP contribution in [-0.4, -0.2) is 126 Å². The van der Waals surface area contributed by atoms with Gasteiger partial charge >= 0.3 is 12.1 Å². The number of hydrogen-bond acceptors (Lipinski definition) is 11. The monoisotopic (exact) mass is 813 g/mol. The molecule has 6 rings (SSSR count). The highest BCUT2D eigenvalue weighted by Gasteiger charge is 2.61. The van der Waals surface area contributed by atoms with Crippen LogP contribution in [-0.2, 0) is 23.9 Å². The normalized spacial score (nSPS) is 26.7. The number of carbonyl (C=O) groups is 4. The molecule has 4 aliphatic rings. The second kappa shape index (κ2) is 17.7. The number of benzene rings is 1. The molecule has 57 heavy (non-hydrogen) atoms. The maximum absolute atomic E-state index is 14.6. The molecule has 2 aromatic rings. The van der Waals surface area contributed by atoms with E-state index in [0.717, 1.165) is 32.4 Å². The van der Waals surface area contributed by atoms with Gasteiger partial charge in [0.25, 0.3) is 0 Å². The standard InChI is InChI=1S/C41H56ClN5O10/c1-7-25-22-41(25,38(50)51)45-36(48)29-20-27(23-47(29)37(49)35(40(4,5)6)44-39(52)57-26-10-9-24(3)19-26)56-31-21-32(54-8-2)43-34-28(31)11-12-30(33(34)42)55-18-15-46-13-16-53-17-14-46/h7,11-12,21,24-27,29,35H,1,8-10,13-20,22-23H2,2-6H3,(H,44,52)(H,45,48)(H,50,51)/t24-,25-,26+,27-,29+,35-,41-/m1/s1. The minimum Gasteiger partial charge on any atom is -0.491 e. The summed E-state index contributed by atoms with van der Waals surface area (Å²) in [7, 11) is 0. The van der Waals surface area contributed by atoms with Crippen LogP contribution in [0.1, 0.15) is 66.7 Å². The number of halogens is 1. The summed E-state index contributed by atoms with van der Waals surface area (Å²) in [5, 5.41) is 16.4. The van der Waals surface area contributed by atoms with Crippen LogP contribution in [0.25, 0.3) is 10.9 Å². The average Bonchev–Trinajstić information content (AvgIpc) is 3.47. The lowest BCUT2D eigenvalue weighted by Gasteiger charge is -2.35. The number of fused-ring (bicyclic) bond motifs is 1. The topological polar surface area (TPSA) is 178 Å². The first-order chi connectivity index (χ1) is 27.1. The van der Waals surface area contributed by atoms with E-state index in [4.69, 9.17) is 35.3 Å². The second-order valence-electron chi connectivity index (χ2n) is 16.7. The van der Waals surface area contributed by atoms with Crippen LogP contribution >= 0.6 is 11.6 Å². The number of nitrogens with one attached hydrogen (secondary N) is 2. The fourth-order valence-electron chi connectivity index (χ4n) is 7.98. The number of pyridine rings is 1. The number of nitrogens with zero attached hydrogens (tertiary/aromatic N) is 3. The molecule has 4 fully saturated rings. The zero-order chi connectivity index (χ0) is 41.1. The minimum atomic E-state index is -1.52. The summed E-state index contributed by atoms with van der Waals surface area (Å²) in [6.45, 7) is 17.5. The lowest BCUT2D eigenvalue weighted by molar-refractivity contribution is -0.146. The summed E-state index contributed by atoms with van der Waals surface area (Å²) in [6.07, 6.45) is 2.46. The molecular formula is C41H56ClN5O10. The molecule has 0 unspecified atom stereocenters. The molecule has 2 aliphatic heterocycles. The van der Waals surface area contributed by atoms with E-state index in [1.54, 1.807) is 18.2 Å². The predicted octanol–water partition coefficient (Wildman–Crippen LogP) is 4.82. The number of carbonyl (C=O) groups excluding carboxylic acids is 3. The van der Waals surface area contributed by atoms with Crippen LogP contribution in [0, 0.1) is 17.3 Å². The smallest absolute Gasteiger partial charge is 0.408 e. The van der Waals surface area contributed by atoms with Crippen LogP contribution in [0.2, 0.25) is 5.02 Å². The molecule has 1 aromatic carbocycles. The molecule has 2 saturated heterocycles. The molecule has 312 valence electrons. The first kappa shape index (κ1) is 42.3. The molecule has 1 aromatic heterocycles. The average molecular weight is 814 g/mol. The SMILES string of the molecule is C=C[C@@H]1C[C@]1(NC(=O)[C@@H]1C[C@@H](Oc2cc(OCC)nc3c(Cl)c(OCCN4CCOCC4)ccc23)CN1C(=O)[C@@H](NC(=O)O[C@H]1CC[C@@H](C)C1)C(C)(C)C)C(=O)O. The highest BCUT2D eigenvalue weighted by molar-refractivity contribution is 6.36. The minimum absolute atomic E-state index is 0.0253. The first-order valence-electron chi connectivity index (χ1n) is 19.9. The van der Waals surface area contributed by atoms with E-state index < -0.39 is 58.9 Å². The molecule has 0 bridgehead atoms. The highest BCUT2D eigenvalue weighted by atomic mass is 35.5. The number of hydrogen-bond donors (Lipinski definition) is 3. The summed E-state index contributed by atoms with van der Waals surface area (Å²) in [5.74, 6) is -1.32. The number of amides is 3. The lowest BCUT2D eigenvalue weighted by atomic mass is 9.85. The van der Waals surface area contributed by atoms with E-state index in [2.05, 4.69) is 34.0 Å². The second-order valence-corrected chi connectivity index (χ2v) is 17.0. The Morgan fingerprint density at radius 2 is 1.88 bits per heavy atom. The van der Waals surface area contributed by atoms with Gasteiger partial charge in [-0.2, -0.15) is 0 Å². The van der Waals surface area contributed by atoms with E-state index in [9.17, 15) is 24.3 Å². The molecule has 3 amide bonds. The third-order valence-corrected chi connectivity index (χ3v) is 11.7. The number of ether oxygens (including phenoxy) is 5. The first-order valence-corrected chi connectivity index (χ1v) is 20.3. The van der Waals surface area contributed by atoms with Crippen molar-refractivity contribution in [2.75, 3.05) is 52.6 Å². The number of rotatable bonds is 15. The zero-order valence-corrected chi connectivity index (χ0v) is 34.3. The Labute approximate surface area is 338 Å². The van der Waals surface area contributed by atoms with Gasteiger partial charge in [0.2, 0.25) is 17.7 Å². The number of aromatic nitrogens is 1. The van der Waals surface area contributed by atoms with Gasteiger partial charge in [-0.05, 0) is 56.1 Å². The van der Waals surface area contributed by atoms with Crippen LogP contribution in [0.5, 0.6) is 17.4 Å². The van der Waals surface area contributed by atoms with Gasteiger partial charge in [-0.25, -0.2) is 14.6 Å². The maximum atomic E-state index is 14.6. The van der Waals surface area contributed by atoms with Crippen molar-refractivity contribution < 1.29 is 48.0 Å². The molecule has 7 atom stereocenters. The summed E-state index contributed by atoms with van der Waals surface area (Å²) in [4.78, 5) is 62.6. The molecule has 3 heterocycles. The van der Waals surface area contributed by atoms with Crippen molar-refractivity contribution in [1.29, 1.82) is 0 Å². The van der Waals surface area contributed by atoms with Crippen LogP contribution < -0.4 is 24.8 Å². The van der Waals surface area contributed by atoms with Crippen molar-refractivity contribution in [3.63, 3.8) is 0 Å². The number of carboxylic acids is 1. The van der Waals surface area contributed by atoms with E-state index in [1.165, 1.54) is 11.0 Å². The Bertz CT molecular complexity index is 1830. The van der Waals surface area contributed by atoms with Crippen LogP contribution in [0.3, 0.4) is 0 Å². The van der Waals surface area contributed by atoms with Gasteiger partial charge in [-0.1, -0.05) is 45.4 Å². The Balaban J connectivity index is 1.26. The van der Waals surface area contributed by atoms with Gasteiger partial charge in [0.15, 0.2) is 0 Å². The van der Waals surface area contributed by atoms with E-state index in [-0.39, 0.29) is 36.4 Å². The number of alkyl carbamates (subject to hydrolysis) is 1. The van der Waals surface area contributed by atoms with Crippen molar-refractivity contribution in [3.05, 3.63) is 35.9 Å². The van der Waals surface area contributed by atoms with Gasteiger partial charge in [0.1, 0.15) is 58.5 Å². The maximum Gasteiger partial charge on any atom is 0.408 e. The fraction of sp³-hybridized carbons (Fsp3) is 0.634. The third kappa shape index (κ3) is 9.69. The van der Waals surface area contributed by atoms with Crippen molar-refractivity contribution >= 4 is 46.4 Å². The van der Waals surface area contributed by atoms with Crippen molar-refractivity contribution in [1.82, 2.24) is 25.4 Å². The third-order valence-electron chi connectivity index (χ3n) is 11.3. The molecule has 16 heteroatoms. The van der Waals surface area contributed by atoms with Gasteiger partial charge in [0.05, 0.1) is 26.4 Å². The quantitative estimate of drug-likeness (QED) is 0.209.